The summed E-state index contributed by atoms with van der Waals surface area (Å²) in [4.78, 5) is 0. The first-order valence-electron chi connectivity index (χ1n) is 7.37. The summed E-state index contributed by atoms with van der Waals surface area (Å²) in [7, 11) is 0. The Kier molecular flexibility index (Phi) is 5.59. The predicted molar refractivity (Wildman–Crippen MR) is 80.0 cm³/mol. The van der Waals surface area contributed by atoms with E-state index in [2.05, 4.69) is 53.5 Å². The minimum atomic E-state index is 0.425. The van der Waals surface area contributed by atoms with Crippen LogP contribution in [0.1, 0.15) is 50.3 Å². The summed E-state index contributed by atoms with van der Waals surface area (Å²) >= 11 is 0. The van der Waals surface area contributed by atoms with Crippen molar-refractivity contribution in [3.05, 3.63) is 41.7 Å². The summed E-state index contributed by atoms with van der Waals surface area (Å²) in [6, 6.07) is 8.39. The highest BCUT2D eigenvalue weighted by Crippen LogP contribution is 2.22. The first-order valence-corrected chi connectivity index (χ1v) is 7.37. The van der Waals surface area contributed by atoms with Crippen molar-refractivity contribution in [2.24, 2.45) is 0 Å². The molecule has 4 heteroatoms. The van der Waals surface area contributed by atoms with Crippen LogP contribution in [-0.2, 0) is 6.42 Å². The summed E-state index contributed by atoms with van der Waals surface area (Å²) in [5.74, 6) is 1.38. The fourth-order valence-electron chi connectivity index (χ4n) is 2.19. The van der Waals surface area contributed by atoms with Gasteiger partial charge in [-0.05, 0) is 36.5 Å². The first kappa shape index (κ1) is 14.6. The van der Waals surface area contributed by atoms with Crippen molar-refractivity contribution in [1.82, 2.24) is 15.4 Å². The zero-order valence-electron chi connectivity index (χ0n) is 12.3. The van der Waals surface area contributed by atoms with E-state index >= 15 is 0 Å². The van der Waals surface area contributed by atoms with E-state index in [0.29, 0.717) is 5.92 Å². The average Bonchev–Trinajstić information content (AvgIpc) is 2.97. The number of benzene rings is 1. The van der Waals surface area contributed by atoms with Gasteiger partial charge in [0, 0.05) is 0 Å². The molecule has 1 unspecified atom stereocenters. The van der Waals surface area contributed by atoms with E-state index in [4.69, 9.17) is 4.74 Å². The zero-order chi connectivity index (χ0) is 14.2. The van der Waals surface area contributed by atoms with Gasteiger partial charge in [-0.25, -0.2) is 0 Å². The van der Waals surface area contributed by atoms with Crippen LogP contribution >= 0.6 is 0 Å². The van der Waals surface area contributed by atoms with Gasteiger partial charge in [-0.3, -0.25) is 0 Å². The number of H-pyrrole nitrogens is 1. The van der Waals surface area contributed by atoms with Crippen LogP contribution in [0, 0.1) is 0 Å². The Morgan fingerprint density at radius 3 is 2.65 bits per heavy atom. The molecular weight excluding hydrogens is 250 g/mol. The van der Waals surface area contributed by atoms with E-state index in [-0.39, 0.29) is 0 Å². The summed E-state index contributed by atoms with van der Waals surface area (Å²) in [6.07, 6.45) is 6.25. The number of aromatic amines is 1. The van der Waals surface area contributed by atoms with E-state index < -0.39 is 0 Å². The Morgan fingerprint density at radius 2 is 2.00 bits per heavy atom. The number of hydrogen-bond acceptors (Lipinski definition) is 3. The molecule has 0 fully saturated rings. The number of hydrogen-bond donors (Lipinski definition) is 1. The van der Waals surface area contributed by atoms with Gasteiger partial charge in [0.05, 0.1) is 18.5 Å². The third kappa shape index (κ3) is 4.37. The Bertz CT molecular complexity index is 479. The smallest absolute Gasteiger partial charge is 0.119 e. The fraction of sp³-hybridized carbons (Fsp3) is 0.500. The highest BCUT2D eigenvalue weighted by atomic mass is 16.5. The topological polar surface area (TPSA) is 50.8 Å². The van der Waals surface area contributed by atoms with Crippen molar-refractivity contribution in [3.8, 4) is 5.75 Å². The Morgan fingerprint density at radius 1 is 1.20 bits per heavy atom. The Hall–Kier alpha value is -1.84. The number of nitrogens with zero attached hydrogens (tertiary/aromatic N) is 2. The van der Waals surface area contributed by atoms with E-state index in [0.717, 1.165) is 30.9 Å². The highest BCUT2D eigenvalue weighted by molar-refractivity contribution is 5.29. The zero-order valence-corrected chi connectivity index (χ0v) is 12.3. The molecule has 0 bridgehead atoms. The molecule has 0 aliphatic carbocycles. The number of rotatable bonds is 8. The van der Waals surface area contributed by atoms with Gasteiger partial charge in [0.2, 0.25) is 0 Å². The molecule has 1 aromatic heterocycles. The predicted octanol–water partition coefficient (Wildman–Crippen LogP) is 3.72. The molecule has 0 aliphatic heterocycles. The van der Waals surface area contributed by atoms with Crippen LogP contribution < -0.4 is 4.74 Å². The lowest BCUT2D eigenvalue weighted by molar-refractivity contribution is 0.306. The fourth-order valence-corrected chi connectivity index (χ4v) is 2.19. The van der Waals surface area contributed by atoms with Crippen molar-refractivity contribution in [1.29, 1.82) is 0 Å². The molecule has 1 heterocycles. The quantitative estimate of drug-likeness (QED) is 0.746. The standard InChI is InChI=1S/C16H23N3O/c1-3-4-5-10-20-16-8-6-14(7-9-16)13(2)11-15-12-17-19-18-15/h6-9,12-13H,3-5,10-11H2,1-2H3,(H,17,18,19). The molecule has 2 aromatic rings. The minimum absolute atomic E-state index is 0.425. The summed E-state index contributed by atoms with van der Waals surface area (Å²) in [6.45, 7) is 5.21. The van der Waals surface area contributed by atoms with Crippen molar-refractivity contribution >= 4 is 0 Å². The second-order valence-corrected chi connectivity index (χ2v) is 5.19. The third-order valence-corrected chi connectivity index (χ3v) is 3.45. The highest BCUT2D eigenvalue weighted by Gasteiger charge is 2.08. The summed E-state index contributed by atoms with van der Waals surface area (Å²) < 4.78 is 5.72. The normalized spacial score (nSPS) is 12.3. The maximum Gasteiger partial charge on any atom is 0.119 e. The van der Waals surface area contributed by atoms with E-state index in [1.807, 2.05) is 0 Å². The number of ether oxygens (including phenoxy) is 1. The number of aromatic nitrogens is 3. The molecule has 1 aromatic carbocycles. The molecule has 2 rings (SSSR count). The summed E-state index contributed by atoms with van der Waals surface area (Å²) in [5.41, 5.74) is 2.30. The molecule has 1 atom stereocenters. The van der Waals surface area contributed by atoms with Crippen LogP contribution in [0.3, 0.4) is 0 Å². The van der Waals surface area contributed by atoms with Crippen LogP contribution in [0.5, 0.6) is 5.75 Å². The Balaban J connectivity index is 1.84. The third-order valence-electron chi connectivity index (χ3n) is 3.45. The lowest BCUT2D eigenvalue weighted by atomic mass is 9.96. The largest absolute Gasteiger partial charge is 0.494 e. The molecule has 0 saturated heterocycles. The maximum atomic E-state index is 5.72. The molecular formula is C16H23N3O. The lowest BCUT2D eigenvalue weighted by Crippen LogP contribution is -2.00. The van der Waals surface area contributed by atoms with Gasteiger partial charge in [-0.2, -0.15) is 15.4 Å². The molecule has 0 aliphatic rings. The van der Waals surface area contributed by atoms with Crippen LogP contribution in [0.15, 0.2) is 30.5 Å². The van der Waals surface area contributed by atoms with Gasteiger partial charge in [-0.1, -0.05) is 38.8 Å². The monoisotopic (exact) mass is 273 g/mol. The van der Waals surface area contributed by atoms with E-state index in [1.54, 1.807) is 6.20 Å². The Labute approximate surface area is 120 Å². The van der Waals surface area contributed by atoms with E-state index in [1.165, 1.54) is 18.4 Å². The lowest BCUT2D eigenvalue weighted by Gasteiger charge is -2.11. The average molecular weight is 273 g/mol. The number of nitrogens with one attached hydrogen (secondary N) is 1. The molecule has 108 valence electrons. The van der Waals surface area contributed by atoms with Crippen LogP contribution in [-0.4, -0.2) is 22.0 Å². The first-order chi connectivity index (χ1) is 9.79. The van der Waals surface area contributed by atoms with Gasteiger partial charge >= 0.3 is 0 Å². The van der Waals surface area contributed by atoms with E-state index in [9.17, 15) is 0 Å². The molecule has 0 saturated carbocycles. The maximum absolute atomic E-state index is 5.72. The van der Waals surface area contributed by atoms with Gasteiger partial charge in [-0.15, -0.1) is 0 Å². The van der Waals surface area contributed by atoms with Gasteiger partial charge in [0.25, 0.3) is 0 Å². The van der Waals surface area contributed by atoms with Crippen molar-refractivity contribution in [2.45, 2.75) is 45.4 Å². The van der Waals surface area contributed by atoms with Crippen molar-refractivity contribution < 1.29 is 4.74 Å². The molecule has 4 nitrogen and oxygen atoms in total. The van der Waals surface area contributed by atoms with Crippen LogP contribution in [0.25, 0.3) is 0 Å². The molecule has 1 N–H and O–H groups in total. The minimum Gasteiger partial charge on any atom is -0.494 e. The van der Waals surface area contributed by atoms with Gasteiger partial charge in [0.15, 0.2) is 0 Å². The van der Waals surface area contributed by atoms with Crippen LogP contribution in [0.2, 0.25) is 0 Å². The van der Waals surface area contributed by atoms with Crippen molar-refractivity contribution in [2.75, 3.05) is 6.61 Å². The molecule has 0 amide bonds. The molecule has 20 heavy (non-hydrogen) atoms. The van der Waals surface area contributed by atoms with Crippen molar-refractivity contribution in [3.63, 3.8) is 0 Å². The summed E-state index contributed by atoms with van der Waals surface area (Å²) in [5, 5.41) is 10.6. The van der Waals surface area contributed by atoms with Gasteiger partial charge in [0.1, 0.15) is 5.75 Å². The number of unbranched alkanes of at least 4 members (excludes halogenated alkanes) is 2. The van der Waals surface area contributed by atoms with Gasteiger partial charge < -0.3 is 4.74 Å². The van der Waals surface area contributed by atoms with Crippen LogP contribution in [0.4, 0.5) is 0 Å². The molecule has 0 radical (unpaired) electrons. The second-order valence-electron chi connectivity index (χ2n) is 5.19. The second kappa shape index (κ2) is 7.68. The SMILES string of the molecule is CCCCCOc1ccc(C(C)Cc2cn[nH]n2)cc1. The molecule has 0 spiro atoms.